The average molecular weight is 256 g/mol. The predicted octanol–water partition coefficient (Wildman–Crippen LogP) is 1.56. The van der Waals surface area contributed by atoms with E-state index in [1.54, 1.807) is 4.57 Å². The Morgan fingerprint density at radius 2 is 2.17 bits per heavy atom. The fraction of sp³-hybridized carbons (Fsp3) is 0.727. The number of ether oxygens (including phenoxy) is 1. The summed E-state index contributed by atoms with van der Waals surface area (Å²) in [4.78, 5) is 13.9. The monoisotopic (exact) mass is 256 g/mol. The normalized spacial score (nSPS) is 18.2. The summed E-state index contributed by atoms with van der Waals surface area (Å²) in [5, 5.41) is 10.6. The first-order valence-corrected chi connectivity index (χ1v) is 5.84. The standard InChI is InChI=1S/C10H15N3O3.CH5N/c1-10(2,3)7-4-5-12-6-8(13(14)15)11-9(12)16-7;1-2/h6-7H,4-5H2,1-3H3;2H2,1H3. The number of hydrogen-bond acceptors (Lipinski definition) is 5. The fourth-order valence-corrected chi connectivity index (χ4v) is 1.78. The van der Waals surface area contributed by atoms with Crippen LogP contribution in [0, 0.1) is 15.5 Å². The summed E-state index contributed by atoms with van der Waals surface area (Å²) in [7, 11) is 1.50. The van der Waals surface area contributed by atoms with Gasteiger partial charge in [0.2, 0.25) is 0 Å². The van der Waals surface area contributed by atoms with E-state index in [4.69, 9.17) is 4.74 Å². The molecule has 1 atom stereocenters. The first kappa shape index (κ1) is 14.4. The van der Waals surface area contributed by atoms with Gasteiger partial charge in [-0.3, -0.25) is 4.57 Å². The summed E-state index contributed by atoms with van der Waals surface area (Å²) < 4.78 is 7.37. The molecule has 2 rings (SSSR count). The number of aryl methyl sites for hydroxylation is 1. The quantitative estimate of drug-likeness (QED) is 0.607. The fourth-order valence-electron chi connectivity index (χ4n) is 1.78. The first-order valence-electron chi connectivity index (χ1n) is 5.84. The van der Waals surface area contributed by atoms with Crippen molar-refractivity contribution in [3.8, 4) is 6.01 Å². The molecule has 0 saturated carbocycles. The lowest BCUT2D eigenvalue weighted by Crippen LogP contribution is -2.36. The van der Waals surface area contributed by atoms with Gasteiger partial charge in [-0.25, -0.2) is 0 Å². The minimum absolute atomic E-state index is 0.0198. The molecule has 0 aromatic carbocycles. The molecule has 2 heterocycles. The maximum Gasteiger partial charge on any atom is 0.414 e. The maximum absolute atomic E-state index is 10.6. The van der Waals surface area contributed by atoms with E-state index in [9.17, 15) is 10.1 Å². The number of hydrogen-bond donors (Lipinski definition) is 1. The van der Waals surface area contributed by atoms with Crippen LogP contribution in [0.15, 0.2) is 6.20 Å². The highest BCUT2D eigenvalue weighted by molar-refractivity contribution is 5.21. The average Bonchev–Trinajstić information content (AvgIpc) is 2.73. The summed E-state index contributed by atoms with van der Waals surface area (Å²) in [6.45, 7) is 6.98. The molecule has 0 radical (unpaired) electrons. The third-order valence-electron chi connectivity index (χ3n) is 2.76. The number of fused-ring (bicyclic) bond motifs is 1. The Kier molecular flexibility index (Phi) is 4.28. The third-order valence-corrected chi connectivity index (χ3v) is 2.76. The van der Waals surface area contributed by atoms with Gasteiger partial charge in [0.05, 0.1) is 0 Å². The van der Waals surface area contributed by atoms with Crippen molar-refractivity contribution < 1.29 is 9.66 Å². The van der Waals surface area contributed by atoms with E-state index in [2.05, 4.69) is 31.5 Å². The highest BCUT2D eigenvalue weighted by Crippen LogP contribution is 2.32. The highest BCUT2D eigenvalue weighted by Gasteiger charge is 2.34. The lowest BCUT2D eigenvalue weighted by molar-refractivity contribution is -0.389. The number of nitro groups is 1. The molecule has 1 unspecified atom stereocenters. The topological polar surface area (TPSA) is 96.2 Å². The van der Waals surface area contributed by atoms with Crippen molar-refractivity contribution in [3.63, 3.8) is 0 Å². The number of imidazole rings is 1. The molecule has 18 heavy (non-hydrogen) atoms. The van der Waals surface area contributed by atoms with Crippen molar-refractivity contribution >= 4 is 5.82 Å². The van der Waals surface area contributed by atoms with Gasteiger partial charge >= 0.3 is 11.8 Å². The largest absolute Gasteiger partial charge is 0.442 e. The predicted molar refractivity (Wildman–Crippen MR) is 67.5 cm³/mol. The van der Waals surface area contributed by atoms with Crippen LogP contribution in [0.4, 0.5) is 5.82 Å². The van der Waals surface area contributed by atoms with Crippen molar-refractivity contribution in [2.75, 3.05) is 7.05 Å². The van der Waals surface area contributed by atoms with Crippen molar-refractivity contribution in [2.45, 2.75) is 39.8 Å². The molecule has 0 spiro atoms. The van der Waals surface area contributed by atoms with Gasteiger partial charge in [-0.1, -0.05) is 20.8 Å². The van der Waals surface area contributed by atoms with Crippen molar-refractivity contribution in [1.29, 1.82) is 0 Å². The van der Waals surface area contributed by atoms with Crippen LogP contribution in [0.5, 0.6) is 6.01 Å². The van der Waals surface area contributed by atoms with Gasteiger partial charge in [0.15, 0.2) is 0 Å². The summed E-state index contributed by atoms with van der Waals surface area (Å²) >= 11 is 0. The second kappa shape index (κ2) is 5.34. The van der Waals surface area contributed by atoms with Gasteiger partial charge in [0.1, 0.15) is 12.3 Å². The maximum atomic E-state index is 10.6. The number of nitrogens with two attached hydrogens (primary N) is 1. The lowest BCUT2D eigenvalue weighted by Gasteiger charge is -2.32. The Hall–Kier alpha value is -1.63. The molecule has 0 bridgehead atoms. The Balaban J connectivity index is 0.000000771. The van der Waals surface area contributed by atoms with Crippen molar-refractivity contribution in [3.05, 3.63) is 16.3 Å². The van der Waals surface area contributed by atoms with E-state index in [1.807, 2.05) is 0 Å². The van der Waals surface area contributed by atoms with Crippen molar-refractivity contribution in [1.82, 2.24) is 9.55 Å². The van der Waals surface area contributed by atoms with E-state index in [0.29, 0.717) is 6.01 Å². The number of rotatable bonds is 1. The Labute approximate surface area is 106 Å². The summed E-state index contributed by atoms with van der Waals surface area (Å²) in [5.74, 6) is -0.149. The van der Waals surface area contributed by atoms with Gasteiger partial charge in [-0.2, -0.15) is 0 Å². The summed E-state index contributed by atoms with van der Waals surface area (Å²) in [6, 6.07) is 0.359. The number of aromatic nitrogens is 2. The molecule has 7 heteroatoms. The molecular weight excluding hydrogens is 236 g/mol. The van der Waals surface area contributed by atoms with Crippen LogP contribution in [-0.2, 0) is 6.54 Å². The van der Waals surface area contributed by atoms with E-state index in [-0.39, 0.29) is 17.3 Å². The molecule has 0 fully saturated rings. The Morgan fingerprint density at radius 1 is 1.56 bits per heavy atom. The molecule has 1 aliphatic heterocycles. The SMILES string of the molecule is CC(C)(C)C1CCn2cc([N+](=O)[O-])nc2O1.CN. The molecular formula is C11H20N4O3. The molecule has 7 nitrogen and oxygen atoms in total. The Bertz CT molecular complexity index is 422. The van der Waals surface area contributed by atoms with E-state index >= 15 is 0 Å². The van der Waals surface area contributed by atoms with Crippen LogP contribution >= 0.6 is 0 Å². The van der Waals surface area contributed by atoms with Gasteiger partial charge in [-0.15, -0.1) is 0 Å². The zero-order valence-corrected chi connectivity index (χ0v) is 11.2. The smallest absolute Gasteiger partial charge is 0.414 e. The Morgan fingerprint density at radius 3 is 2.67 bits per heavy atom. The molecule has 2 N–H and O–H groups in total. The molecule has 102 valence electrons. The highest BCUT2D eigenvalue weighted by atomic mass is 16.6. The molecule has 1 aromatic rings. The summed E-state index contributed by atoms with van der Waals surface area (Å²) in [5.41, 5.74) is 4.52. The molecule has 1 aliphatic rings. The molecule has 1 aromatic heterocycles. The van der Waals surface area contributed by atoms with Crippen molar-refractivity contribution in [2.24, 2.45) is 11.1 Å². The zero-order chi connectivity index (χ0) is 13.9. The molecule has 0 aliphatic carbocycles. The van der Waals surface area contributed by atoms with Crippen LogP contribution in [-0.4, -0.2) is 27.6 Å². The lowest BCUT2D eigenvalue weighted by atomic mass is 9.86. The zero-order valence-electron chi connectivity index (χ0n) is 11.2. The summed E-state index contributed by atoms with van der Waals surface area (Å²) in [6.07, 6.45) is 2.33. The van der Waals surface area contributed by atoms with Crippen LogP contribution in [0.2, 0.25) is 0 Å². The van der Waals surface area contributed by atoms with Gasteiger partial charge in [0.25, 0.3) is 0 Å². The second-order valence-corrected chi connectivity index (χ2v) is 5.09. The minimum atomic E-state index is -0.499. The van der Waals surface area contributed by atoms with Gasteiger partial charge < -0.3 is 20.6 Å². The molecule has 0 saturated heterocycles. The van der Waals surface area contributed by atoms with Gasteiger partial charge in [-0.05, 0) is 17.4 Å². The van der Waals surface area contributed by atoms with E-state index < -0.39 is 4.92 Å². The minimum Gasteiger partial charge on any atom is -0.442 e. The second-order valence-electron chi connectivity index (χ2n) is 5.09. The first-order chi connectivity index (χ1) is 8.38. The van der Waals surface area contributed by atoms with Crippen LogP contribution < -0.4 is 10.5 Å². The van der Waals surface area contributed by atoms with Crippen LogP contribution in [0.25, 0.3) is 0 Å². The van der Waals surface area contributed by atoms with Gasteiger partial charge in [0, 0.05) is 17.9 Å². The number of nitrogens with zero attached hydrogens (tertiary/aromatic N) is 3. The van der Waals surface area contributed by atoms with Crippen LogP contribution in [0.1, 0.15) is 27.2 Å². The van der Waals surface area contributed by atoms with E-state index in [1.165, 1.54) is 13.2 Å². The van der Waals surface area contributed by atoms with Crippen LogP contribution in [0.3, 0.4) is 0 Å². The molecule has 0 amide bonds. The third kappa shape index (κ3) is 2.98. The van der Waals surface area contributed by atoms with E-state index in [0.717, 1.165) is 13.0 Å².